The molecular weight excluding hydrogens is 281 g/mol. The lowest BCUT2D eigenvalue weighted by atomic mass is 10.1. The first kappa shape index (κ1) is 16.0. The van der Waals surface area contributed by atoms with Crippen LogP contribution >= 0.6 is 12.4 Å². The maximum absolute atomic E-state index is 12.3. The number of nitrogens with two attached hydrogens (primary N) is 1. The minimum Gasteiger partial charge on any atom is -0.354 e. The van der Waals surface area contributed by atoms with E-state index in [-0.39, 0.29) is 24.5 Å². The van der Waals surface area contributed by atoms with Gasteiger partial charge < -0.3 is 10.6 Å². The van der Waals surface area contributed by atoms with Crippen LogP contribution < -0.4 is 10.6 Å². The van der Waals surface area contributed by atoms with Crippen LogP contribution in [0.4, 0.5) is 19.0 Å². The molecule has 0 radical (unpaired) electrons. The SMILES string of the molecule is CN(c1cnc(C(F)(F)F)cn1)[C@H]1CCC[C@@H]1N.Cl. The first-order valence-corrected chi connectivity index (χ1v) is 5.77. The second-order valence-electron chi connectivity index (χ2n) is 4.53. The van der Waals surface area contributed by atoms with Crippen LogP contribution in [-0.4, -0.2) is 29.1 Å². The molecule has 0 spiro atoms. The molecule has 4 nitrogen and oxygen atoms in total. The third-order valence-electron chi connectivity index (χ3n) is 3.32. The van der Waals surface area contributed by atoms with Crippen LogP contribution in [0.5, 0.6) is 0 Å². The van der Waals surface area contributed by atoms with Gasteiger partial charge in [0.1, 0.15) is 5.82 Å². The maximum Gasteiger partial charge on any atom is 0.434 e. The third kappa shape index (κ3) is 3.48. The highest BCUT2D eigenvalue weighted by molar-refractivity contribution is 5.85. The van der Waals surface area contributed by atoms with Crippen molar-refractivity contribution in [2.75, 3.05) is 11.9 Å². The summed E-state index contributed by atoms with van der Waals surface area (Å²) >= 11 is 0. The second kappa shape index (κ2) is 5.92. The standard InChI is InChI=1S/C11H15F3N4.ClH/c1-18(8-4-2-3-7(8)15)10-6-16-9(5-17-10)11(12,13)14;/h5-8H,2-4,15H2,1H3;1H/t7-,8-;/m0./s1. The minimum absolute atomic E-state index is 0. The average molecular weight is 297 g/mol. The van der Waals surface area contributed by atoms with Crippen LogP contribution in [0.25, 0.3) is 0 Å². The molecule has 0 unspecified atom stereocenters. The number of anilines is 1. The summed E-state index contributed by atoms with van der Waals surface area (Å²) in [4.78, 5) is 9.02. The molecule has 1 aromatic rings. The molecule has 1 aliphatic rings. The summed E-state index contributed by atoms with van der Waals surface area (Å²) in [7, 11) is 1.78. The maximum atomic E-state index is 12.3. The molecule has 0 saturated heterocycles. The average Bonchev–Trinajstić information content (AvgIpc) is 2.73. The van der Waals surface area contributed by atoms with Gasteiger partial charge >= 0.3 is 6.18 Å². The van der Waals surface area contributed by atoms with Gasteiger partial charge in [0, 0.05) is 19.1 Å². The third-order valence-corrected chi connectivity index (χ3v) is 3.32. The number of rotatable bonds is 2. The van der Waals surface area contributed by atoms with E-state index in [0.717, 1.165) is 31.7 Å². The van der Waals surface area contributed by atoms with Crippen molar-refractivity contribution < 1.29 is 13.2 Å². The smallest absolute Gasteiger partial charge is 0.354 e. The van der Waals surface area contributed by atoms with Gasteiger partial charge in [0.05, 0.1) is 12.4 Å². The van der Waals surface area contributed by atoms with E-state index in [1.54, 1.807) is 7.05 Å². The van der Waals surface area contributed by atoms with Crippen molar-refractivity contribution in [2.45, 2.75) is 37.5 Å². The first-order chi connectivity index (χ1) is 8.39. The Bertz CT molecular complexity index is 409. The highest BCUT2D eigenvalue weighted by Crippen LogP contribution is 2.29. The number of likely N-dealkylation sites (N-methyl/N-ethyl adjacent to an activating group) is 1. The molecular formula is C11H16ClF3N4. The zero-order valence-electron chi connectivity index (χ0n) is 10.4. The zero-order chi connectivity index (χ0) is 13.3. The molecule has 1 heterocycles. The van der Waals surface area contributed by atoms with Crippen LogP contribution in [0.2, 0.25) is 0 Å². The van der Waals surface area contributed by atoms with Gasteiger partial charge in [-0.3, -0.25) is 0 Å². The van der Waals surface area contributed by atoms with Gasteiger partial charge in [0.15, 0.2) is 5.69 Å². The first-order valence-electron chi connectivity index (χ1n) is 5.77. The van der Waals surface area contributed by atoms with Crippen molar-refractivity contribution in [1.29, 1.82) is 0 Å². The molecule has 2 rings (SSSR count). The highest BCUT2D eigenvalue weighted by Gasteiger charge is 2.33. The summed E-state index contributed by atoms with van der Waals surface area (Å²) in [6, 6.07) is 0.162. The Hall–Kier alpha value is -1.08. The van der Waals surface area contributed by atoms with Crippen LogP contribution in [-0.2, 0) is 6.18 Å². The number of alkyl halides is 3. The van der Waals surface area contributed by atoms with E-state index in [1.165, 1.54) is 0 Å². The van der Waals surface area contributed by atoms with Gasteiger partial charge in [-0.05, 0) is 19.3 Å². The molecule has 0 amide bonds. The lowest BCUT2D eigenvalue weighted by Crippen LogP contribution is -2.42. The van der Waals surface area contributed by atoms with E-state index in [0.29, 0.717) is 5.82 Å². The van der Waals surface area contributed by atoms with E-state index in [4.69, 9.17) is 5.73 Å². The molecule has 0 aliphatic heterocycles. The number of hydrogen-bond acceptors (Lipinski definition) is 4. The zero-order valence-corrected chi connectivity index (χ0v) is 11.2. The van der Waals surface area contributed by atoms with E-state index >= 15 is 0 Å². The molecule has 0 aromatic carbocycles. The molecule has 2 atom stereocenters. The topological polar surface area (TPSA) is 55.0 Å². The monoisotopic (exact) mass is 296 g/mol. The Morgan fingerprint density at radius 1 is 1.26 bits per heavy atom. The predicted molar refractivity (Wildman–Crippen MR) is 68.3 cm³/mol. The Kier molecular flexibility index (Phi) is 4.98. The fourth-order valence-electron chi connectivity index (χ4n) is 2.27. The van der Waals surface area contributed by atoms with Crippen molar-refractivity contribution in [3.05, 3.63) is 18.1 Å². The van der Waals surface area contributed by atoms with E-state index in [9.17, 15) is 13.2 Å². The Morgan fingerprint density at radius 3 is 2.37 bits per heavy atom. The van der Waals surface area contributed by atoms with Crippen molar-refractivity contribution in [2.24, 2.45) is 5.73 Å². The minimum atomic E-state index is -4.45. The molecule has 0 bridgehead atoms. The predicted octanol–water partition coefficient (Wildman–Crippen LogP) is 2.23. The van der Waals surface area contributed by atoms with Crippen molar-refractivity contribution in [3.63, 3.8) is 0 Å². The van der Waals surface area contributed by atoms with Crippen molar-refractivity contribution in [1.82, 2.24) is 9.97 Å². The Balaban J connectivity index is 0.00000180. The van der Waals surface area contributed by atoms with E-state index in [1.807, 2.05) is 4.90 Å². The van der Waals surface area contributed by atoms with Gasteiger partial charge in [0.2, 0.25) is 0 Å². The summed E-state index contributed by atoms with van der Waals surface area (Å²) in [5.41, 5.74) is 4.97. The summed E-state index contributed by atoms with van der Waals surface area (Å²) in [6.07, 6.45) is 0.349. The fraction of sp³-hybridized carbons (Fsp3) is 0.636. The number of aromatic nitrogens is 2. The van der Waals surface area contributed by atoms with E-state index in [2.05, 4.69) is 9.97 Å². The summed E-state index contributed by atoms with van der Waals surface area (Å²) < 4.78 is 37.0. The Labute approximate surface area is 115 Å². The highest BCUT2D eigenvalue weighted by atomic mass is 35.5. The normalized spacial score (nSPS) is 23.0. The quantitative estimate of drug-likeness (QED) is 0.909. The van der Waals surface area contributed by atoms with Gasteiger partial charge in [-0.15, -0.1) is 12.4 Å². The van der Waals surface area contributed by atoms with Crippen LogP contribution in [0.15, 0.2) is 12.4 Å². The van der Waals surface area contributed by atoms with Crippen LogP contribution in [0, 0.1) is 0 Å². The molecule has 108 valence electrons. The molecule has 1 aliphatic carbocycles. The van der Waals surface area contributed by atoms with Crippen molar-refractivity contribution >= 4 is 18.2 Å². The molecule has 19 heavy (non-hydrogen) atoms. The fourth-order valence-corrected chi connectivity index (χ4v) is 2.27. The number of hydrogen-bond donors (Lipinski definition) is 1. The van der Waals surface area contributed by atoms with Gasteiger partial charge in [-0.1, -0.05) is 0 Å². The van der Waals surface area contributed by atoms with E-state index < -0.39 is 11.9 Å². The molecule has 1 aromatic heterocycles. The van der Waals surface area contributed by atoms with Crippen LogP contribution in [0.3, 0.4) is 0 Å². The summed E-state index contributed by atoms with van der Waals surface area (Å²) in [5, 5.41) is 0. The Morgan fingerprint density at radius 2 is 1.95 bits per heavy atom. The van der Waals surface area contributed by atoms with Crippen molar-refractivity contribution in [3.8, 4) is 0 Å². The van der Waals surface area contributed by atoms with Gasteiger partial charge in [-0.2, -0.15) is 13.2 Å². The molecule has 1 fully saturated rings. The number of halogens is 4. The van der Waals surface area contributed by atoms with Gasteiger partial charge in [-0.25, -0.2) is 9.97 Å². The lowest BCUT2D eigenvalue weighted by Gasteiger charge is -2.28. The molecule has 1 saturated carbocycles. The number of nitrogens with zero attached hydrogens (tertiary/aromatic N) is 3. The largest absolute Gasteiger partial charge is 0.434 e. The summed E-state index contributed by atoms with van der Waals surface area (Å²) in [5.74, 6) is 0.422. The molecule has 2 N–H and O–H groups in total. The molecule has 8 heteroatoms. The van der Waals surface area contributed by atoms with Crippen LogP contribution in [0.1, 0.15) is 25.0 Å². The van der Waals surface area contributed by atoms with Gasteiger partial charge in [0.25, 0.3) is 0 Å². The second-order valence-corrected chi connectivity index (χ2v) is 4.53. The summed E-state index contributed by atoms with van der Waals surface area (Å²) in [6.45, 7) is 0. The lowest BCUT2D eigenvalue weighted by molar-refractivity contribution is -0.141.